The summed E-state index contributed by atoms with van der Waals surface area (Å²) in [6.45, 7) is 1.65. The number of aryl methyl sites for hydroxylation is 1. The van der Waals surface area contributed by atoms with E-state index < -0.39 is 11.7 Å². The number of hydrogen-bond acceptors (Lipinski definition) is 5. The van der Waals surface area contributed by atoms with Crippen LogP contribution >= 0.6 is 0 Å². The van der Waals surface area contributed by atoms with E-state index >= 15 is 0 Å². The molecule has 0 atom stereocenters. The molecule has 2 aromatic rings. The number of amides is 2. The third-order valence-corrected chi connectivity index (χ3v) is 6.05. The smallest absolute Gasteiger partial charge is 0.417 e. The van der Waals surface area contributed by atoms with Crippen molar-refractivity contribution in [3.8, 4) is 5.75 Å². The van der Waals surface area contributed by atoms with E-state index in [0.717, 1.165) is 29.3 Å². The molecule has 1 saturated heterocycles. The van der Waals surface area contributed by atoms with Crippen LogP contribution in [0.2, 0.25) is 0 Å². The van der Waals surface area contributed by atoms with E-state index in [9.17, 15) is 22.8 Å². The summed E-state index contributed by atoms with van der Waals surface area (Å²) < 4.78 is 43.8. The van der Waals surface area contributed by atoms with Crippen LogP contribution in [0.5, 0.6) is 5.75 Å². The Balaban J connectivity index is 1.14. The Morgan fingerprint density at radius 2 is 1.97 bits per heavy atom. The molecule has 10 heteroatoms. The molecule has 1 aromatic carbocycles. The van der Waals surface area contributed by atoms with Crippen molar-refractivity contribution in [3.63, 3.8) is 0 Å². The fraction of sp³-hybridized carbons (Fsp3) is 0.458. The molecule has 2 aliphatic rings. The van der Waals surface area contributed by atoms with Crippen molar-refractivity contribution in [1.29, 1.82) is 0 Å². The van der Waals surface area contributed by atoms with Gasteiger partial charge >= 0.3 is 6.18 Å². The summed E-state index contributed by atoms with van der Waals surface area (Å²) in [6.07, 6.45) is -0.0471. The van der Waals surface area contributed by atoms with Crippen molar-refractivity contribution >= 4 is 23.3 Å². The van der Waals surface area contributed by atoms with Crippen LogP contribution in [0.25, 0.3) is 0 Å². The molecule has 1 fully saturated rings. The number of rotatable bonds is 7. The largest absolute Gasteiger partial charge is 0.494 e. The molecule has 182 valence electrons. The van der Waals surface area contributed by atoms with E-state index in [1.165, 1.54) is 6.07 Å². The van der Waals surface area contributed by atoms with Crippen molar-refractivity contribution in [2.24, 2.45) is 0 Å². The highest BCUT2D eigenvalue weighted by atomic mass is 19.4. The highest BCUT2D eigenvalue weighted by Crippen LogP contribution is 2.30. The van der Waals surface area contributed by atoms with Gasteiger partial charge in [0.1, 0.15) is 11.6 Å². The molecular formula is C24H27F3N4O3. The molecule has 3 heterocycles. The molecule has 7 nitrogen and oxygen atoms in total. The first-order valence-corrected chi connectivity index (χ1v) is 11.4. The Bertz CT molecular complexity index is 1020. The number of alkyl halides is 3. The Labute approximate surface area is 195 Å². The number of benzene rings is 1. The van der Waals surface area contributed by atoms with Gasteiger partial charge < -0.3 is 20.3 Å². The Kier molecular flexibility index (Phi) is 7.23. The molecule has 0 saturated carbocycles. The number of nitrogens with one attached hydrogen (secondary N) is 2. The number of halogens is 3. The van der Waals surface area contributed by atoms with Gasteiger partial charge in [-0.15, -0.1) is 0 Å². The lowest BCUT2D eigenvalue weighted by molar-refractivity contribution is -0.137. The number of nitrogens with zero attached hydrogens (tertiary/aromatic N) is 2. The average Bonchev–Trinajstić information content (AvgIpc) is 2.82. The summed E-state index contributed by atoms with van der Waals surface area (Å²) in [7, 11) is 0. The van der Waals surface area contributed by atoms with Crippen LogP contribution in [0.4, 0.5) is 24.7 Å². The summed E-state index contributed by atoms with van der Waals surface area (Å²) in [5, 5.41) is 5.87. The van der Waals surface area contributed by atoms with Crippen molar-refractivity contribution in [2.75, 3.05) is 29.9 Å². The minimum atomic E-state index is -4.40. The Morgan fingerprint density at radius 3 is 2.68 bits per heavy atom. The number of carbonyl (C=O) groups excluding carboxylic acids is 2. The van der Waals surface area contributed by atoms with Gasteiger partial charge in [0.25, 0.3) is 0 Å². The first-order chi connectivity index (χ1) is 16.3. The van der Waals surface area contributed by atoms with Gasteiger partial charge in [-0.1, -0.05) is 0 Å². The van der Waals surface area contributed by atoms with Gasteiger partial charge in [0.2, 0.25) is 11.8 Å². The number of anilines is 2. The van der Waals surface area contributed by atoms with E-state index in [4.69, 9.17) is 4.74 Å². The van der Waals surface area contributed by atoms with E-state index in [1.54, 1.807) is 0 Å². The molecule has 34 heavy (non-hydrogen) atoms. The summed E-state index contributed by atoms with van der Waals surface area (Å²) in [5.74, 6) is 1.22. The number of carbonyl (C=O) groups is 2. The van der Waals surface area contributed by atoms with Crippen molar-refractivity contribution in [3.05, 3.63) is 47.7 Å². The average molecular weight is 476 g/mol. The second kappa shape index (κ2) is 10.3. The maximum atomic E-state index is 12.7. The van der Waals surface area contributed by atoms with Crippen molar-refractivity contribution in [1.82, 2.24) is 10.3 Å². The number of ether oxygens (including phenoxy) is 1. The van der Waals surface area contributed by atoms with Gasteiger partial charge in [0.15, 0.2) is 0 Å². The molecule has 0 unspecified atom stereocenters. The molecule has 4 rings (SSSR count). The Morgan fingerprint density at radius 1 is 1.18 bits per heavy atom. The van der Waals surface area contributed by atoms with Gasteiger partial charge in [-0.05, 0) is 61.6 Å². The summed E-state index contributed by atoms with van der Waals surface area (Å²) in [6, 6.07) is 8.04. The second-order valence-electron chi connectivity index (χ2n) is 8.55. The molecule has 2 amide bonds. The molecule has 0 spiro atoms. The molecular weight excluding hydrogens is 449 g/mol. The van der Waals surface area contributed by atoms with Gasteiger partial charge in [0, 0.05) is 43.9 Å². The summed E-state index contributed by atoms with van der Waals surface area (Å²) in [4.78, 5) is 29.6. The lowest BCUT2D eigenvalue weighted by Gasteiger charge is -2.33. The molecule has 0 aliphatic carbocycles. The monoisotopic (exact) mass is 476 g/mol. The zero-order chi connectivity index (χ0) is 24.1. The van der Waals surface area contributed by atoms with Crippen LogP contribution in [0.15, 0.2) is 36.5 Å². The zero-order valence-corrected chi connectivity index (χ0v) is 18.7. The van der Waals surface area contributed by atoms with Crippen LogP contribution in [-0.4, -0.2) is 42.5 Å². The van der Waals surface area contributed by atoms with Crippen LogP contribution < -0.4 is 20.3 Å². The number of piperidine rings is 1. The quantitative estimate of drug-likeness (QED) is 0.592. The van der Waals surface area contributed by atoms with Gasteiger partial charge in [-0.3, -0.25) is 9.59 Å². The van der Waals surface area contributed by atoms with Crippen LogP contribution in [0, 0.1) is 0 Å². The van der Waals surface area contributed by atoms with E-state index in [1.807, 2.05) is 23.1 Å². The minimum absolute atomic E-state index is 0.0223. The first kappa shape index (κ1) is 23.8. The third kappa shape index (κ3) is 6.18. The standard InChI is InChI=1S/C24H27F3N4O3/c25-24(26,27)17-4-7-21(28-15-17)31-11-9-18(10-12-31)29-22(32)2-1-13-34-19-5-6-20-16(14-19)3-8-23(33)30-20/h4-7,14-15,18H,1-3,8-13H2,(H,29,32)(H,30,33). The van der Waals surface area contributed by atoms with Gasteiger partial charge in [-0.2, -0.15) is 13.2 Å². The highest BCUT2D eigenvalue weighted by molar-refractivity contribution is 5.94. The van der Waals surface area contributed by atoms with E-state index in [2.05, 4.69) is 15.6 Å². The zero-order valence-electron chi connectivity index (χ0n) is 18.7. The Hall–Kier alpha value is -3.30. The van der Waals surface area contributed by atoms with Crippen LogP contribution in [0.3, 0.4) is 0 Å². The third-order valence-electron chi connectivity index (χ3n) is 6.05. The molecule has 2 aliphatic heterocycles. The predicted molar refractivity (Wildman–Crippen MR) is 121 cm³/mol. The fourth-order valence-electron chi connectivity index (χ4n) is 4.17. The summed E-state index contributed by atoms with van der Waals surface area (Å²) in [5.41, 5.74) is 1.11. The van der Waals surface area contributed by atoms with Crippen LogP contribution in [-0.2, 0) is 22.2 Å². The van der Waals surface area contributed by atoms with Crippen molar-refractivity contribution < 1.29 is 27.5 Å². The first-order valence-electron chi connectivity index (χ1n) is 11.4. The maximum Gasteiger partial charge on any atom is 0.417 e. The van der Waals surface area contributed by atoms with E-state index in [-0.39, 0.29) is 17.9 Å². The van der Waals surface area contributed by atoms with Gasteiger partial charge in [-0.25, -0.2) is 4.98 Å². The topological polar surface area (TPSA) is 83.6 Å². The lowest BCUT2D eigenvalue weighted by Crippen LogP contribution is -2.45. The second-order valence-corrected chi connectivity index (χ2v) is 8.55. The van der Waals surface area contributed by atoms with Crippen LogP contribution in [0.1, 0.15) is 43.2 Å². The minimum Gasteiger partial charge on any atom is -0.494 e. The summed E-state index contributed by atoms with van der Waals surface area (Å²) >= 11 is 0. The number of hydrogen-bond donors (Lipinski definition) is 2. The normalized spacial score (nSPS) is 16.6. The van der Waals surface area contributed by atoms with Gasteiger partial charge in [0.05, 0.1) is 12.2 Å². The molecule has 0 bridgehead atoms. The lowest BCUT2D eigenvalue weighted by atomic mass is 10.0. The SMILES string of the molecule is O=C1CCc2cc(OCCCC(=O)NC3CCN(c4ccc(C(F)(F)F)cn4)CC3)ccc2N1. The predicted octanol–water partition coefficient (Wildman–Crippen LogP) is 3.93. The molecule has 0 radical (unpaired) electrons. The number of pyridine rings is 1. The maximum absolute atomic E-state index is 12.7. The highest BCUT2D eigenvalue weighted by Gasteiger charge is 2.31. The fourth-order valence-corrected chi connectivity index (χ4v) is 4.17. The number of aromatic nitrogens is 1. The molecule has 2 N–H and O–H groups in total. The van der Waals surface area contributed by atoms with E-state index in [0.29, 0.717) is 64.0 Å². The number of fused-ring (bicyclic) bond motifs is 1. The van der Waals surface area contributed by atoms with Crippen molar-refractivity contribution in [2.45, 2.75) is 50.7 Å². The molecule has 1 aromatic heterocycles.